The van der Waals surface area contributed by atoms with Gasteiger partial charge in [-0.05, 0) is 68.5 Å². The van der Waals surface area contributed by atoms with E-state index in [1.807, 2.05) is 4.90 Å². The van der Waals surface area contributed by atoms with Crippen molar-refractivity contribution in [3.05, 3.63) is 69.7 Å². The summed E-state index contributed by atoms with van der Waals surface area (Å²) in [5.41, 5.74) is -2.86. The minimum absolute atomic E-state index is 0.0130. The lowest BCUT2D eigenvalue weighted by Crippen LogP contribution is -2.71. The zero-order valence-electron chi connectivity index (χ0n) is 23.2. The van der Waals surface area contributed by atoms with Gasteiger partial charge in [-0.3, -0.25) is 14.5 Å². The van der Waals surface area contributed by atoms with Crippen molar-refractivity contribution in [3.8, 4) is 0 Å². The monoisotopic (exact) mass is 634 g/mol. The quantitative estimate of drug-likeness (QED) is 0.390. The summed E-state index contributed by atoms with van der Waals surface area (Å²) in [6.07, 6.45) is -12.0. The first-order valence-corrected chi connectivity index (χ1v) is 13.6. The third kappa shape index (κ3) is 7.71. The second-order valence-electron chi connectivity index (χ2n) is 10.7. The predicted molar refractivity (Wildman–Crippen MR) is 142 cm³/mol. The lowest BCUT2D eigenvalue weighted by molar-refractivity contribution is -0.169. The van der Waals surface area contributed by atoms with Crippen LogP contribution < -0.4 is 0 Å². The van der Waals surface area contributed by atoms with Crippen LogP contribution in [0.4, 0.5) is 31.1 Å². The standard InChI is InChI=1S/C28H29ClF6N4O4/c1-36(2)8-6-22-25(41)37(14-17-4-3-5-21(29)12-17)15-23-38(9-7-24(40)39(22)23)26(42)43-16-18-10-19(27(30,31)32)13-20(11-18)28(33,34)35/h3-5,10-13,22-23H,6-9,14-16H2,1-2H3/t22-,23+/m0/s1. The van der Waals surface area contributed by atoms with Crippen molar-refractivity contribution < 1.29 is 45.5 Å². The van der Waals surface area contributed by atoms with Crippen LogP contribution in [0.1, 0.15) is 35.1 Å². The minimum Gasteiger partial charge on any atom is -0.444 e. The van der Waals surface area contributed by atoms with Crippen LogP contribution in [0, 0.1) is 0 Å². The van der Waals surface area contributed by atoms with E-state index in [0.29, 0.717) is 29.3 Å². The summed E-state index contributed by atoms with van der Waals surface area (Å²) in [7, 11) is 3.60. The molecule has 0 unspecified atom stereocenters. The molecule has 2 saturated heterocycles. The smallest absolute Gasteiger partial charge is 0.416 e. The third-order valence-corrected chi connectivity index (χ3v) is 7.44. The van der Waals surface area contributed by atoms with Gasteiger partial charge in [0.05, 0.1) is 17.7 Å². The van der Waals surface area contributed by atoms with Gasteiger partial charge in [-0.1, -0.05) is 23.7 Å². The van der Waals surface area contributed by atoms with Crippen LogP contribution in [0.2, 0.25) is 5.02 Å². The Labute approximate surface area is 248 Å². The Hall–Kier alpha value is -3.52. The summed E-state index contributed by atoms with van der Waals surface area (Å²) in [6, 6.07) is 6.87. The van der Waals surface area contributed by atoms with Gasteiger partial charge in [0.25, 0.3) is 0 Å². The van der Waals surface area contributed by atoms with Crippen molar-refractivity contribution in [2.75, 3.05) is 33.7 Å². The number of nitrogens with zero attached hydrogens (tertiary/aromatic N) is 4. The zero-order chi connectivity index (χ0) is 31.7. The van der Waals surface area contributed by atoms with Crippen LogP contribution in [-0.4, -0.2) is 83.4 Å². The Kier molecular flexibility index (Phi) is 9.50. The van der Waals surface area contributed by atoms with Gasteiger partial charge >= 0.3 is 18.4 Å². The molecule has 2 aromatic carbocycles. The molecular weight excluding hydrogens is 606 g/mol. The number of fused-ring (bicyclic) bond motifs is 1. The topological polar surface area (TPSA) is 73.4 Å². The van der Waals surface area contributed by atoms with Crippen molar-refractivity contribution in [2.45, 2.75) is 50.6 Å². The largest absolute Gasteiger partial charge is 0.444 e. The number of ether oxygens (including phenoxy) is 1. The predicted octanol–water partition coefficient (Wildman–Crippen LogP) is 5.24. The van der Waals surface area contributed by atoms with Crippen molar-refractivity contribution >= 4 is 29.5 Å². The summed E-state index contributed by atoms with van der Waals surface area (Å²) in [5, 5.41) is 0.453. The first kappa shape index (κ1) is 32.4. The maximum atomic E-state index is 13.6. The van der Waals surface area contributed by atoms with Crippen LogP contribution in [0.15, 0.2) is 42.5 Å². The van der Waals surface area contributed by atoms with Gasteiger partial charge < -0.3 is 19.4 Å². The van der Waals surface area contributed by atoms with Crippen LogP contribution in [0.3, 0.4) is 0 Å². The summed E-state index contributed by atoms with van der Waals surface area (Å²) < 4.78 is 84.9. The van der Waals surface area contributed by atoms with E-state index in [9.17, 15) is 40.7 Å². The van der Waals surface area contributed by atoms with Crippen LogP contribution in [-0.2, 0) is 39.8 Å². The Morgan fingerprint density at radius 2 is 1.65 bits per heavy atom. The van der Waals surface area contributed by atoms with E-state index in [1.54, 1.807) is 38.4 Å². The molecule has 2 aliphatic rings. The minimum atomic E-state index is -5.06. The second-order valence-corrected chi connectivity index (χ2v) is 11.1. The van der Waals surface area contributed by atoms with Crippen LogP contribution in [0.25, 0.3) is 0 Å². The summed E-state index contributed by atoms with van der Waals surface area (Å²) >= 11 is 6.11. The Morgan fingerprint density at radius 1 is 1.00 bits per heavy atom. The summed E-state index contributed by atoms with van der Waals surface area (Å²) in [6.45, 7) is -0.511. The normalized spacial score (nSPS) is 19.6. The number of hydrogen-bond acceptors (Lipinski definition) is 5. The number of alkyl halides is 6. The molecule has 0 aromatic heterocycles. The fourth-order valence-corrected chi connectivity index (χ4v) is 5.39. The van der Waals surface area contributed by atoms with Gasteiger partial charge in [-0.2, -0.15) is 26.3 Å². The summed E-state index contributed by atoms with van der Waals surface area (Å²) in [4.78, 5) is 45.8. The number of carbonyl (C=O) groups excluding carboxylic acids is 3. The van der Waals surface area contributed by atoms with E-state index in [-0.39, 0.29) is 50.4 Å². The highest BCUT2D eigenvalue weighted by molar-refractivity contribution is 6.30. The summed E-state index contributed by atoms with van der Waals surface area (Å²) in [5.74, 6) is -0.688. The lowest BCUT2D eigenvalue weighted by Gasteiger charge is -2.52. The van der Waals surface area contributed by atoms with E-state index in [2.05, 4.69) is 0 Å². The molecule has 0 aliphatic carbocycles. The number of hydrogen-bond donors (Lipinski definition) is 0. The van der Waals surface area contributed by atoms with Crippen LogP contribution in [0.5, 0.6) is 0 Å². The molecule has 2 atom stereocenters. The molecule has 2 aliphatic heterocycles. The van der Waals surface area contributed by atoms with Crippen LogP contribution >= 0.6 is 11.6 Å². The first-order valence-electron chi connectivity index (χ1n) is 13.3. The van der Waals surface area contributed by atoms with Crippen molar-refractivity contribution in [1.82, 2.24) is 19.6 Å². The number of piperazine rings is 1. The fraction of sp³-hybridized carbons (Fsp3) is 0.464. The van der Waals surface area contributed by atoms with Gasteiger partial charge in [0.15, 0.2) is 0 Å². The molecule has 0 bridgehead atoms. The molecule has 4 rings (SSSR count). The Balaban J connectivity index is 1.59. The highest BCUT2D eigenvalue weighted by Gasteiger charge is 2.49. The molecule has 3 amide bonds. The second kappa shape index (κ2) is 12.6. The molecule has 234 valence electrons. The molecule has 2 fully saturated rings. The van der Waals surface area contributed by atoms with E-state index in [1.165, 1.54) is 14.7 Å². The molecule has 8 nitrogen and oxygen atoms in total. The SMILES string of the molecule is CN(C)CC[C@H]1C(=O)N(Cc2cccc(Cl)c2)C[C@@H]2N(C(=O)OCc3cc(C(F)(F)F)cc(C(F)(F)F)c3)CCC(=O)N21. The molecule has 2 aromatic rings. The van der Waals surface area contributed by atoms with Crippen molar-refractivity contribution in [2.24, 2.45) is 0 Å². The van der Waals surface area contributed by atoms with Crippen molar-refractivity contribution in [1.29, 1.82) is 0 Å². The lowest BCUT2D eigenvalue weighted by atomic mass is 10.0. The number of amides is 3. The molecule has 15 heteroatoms. The highest BCUT2D eigenvalue weighted by atomic mass is 35.5. The number of carbonyl (C=O) groups is 3. The molecule has 0 radical (unpaired) electrons. The van der Waals surface area contributed by atoms with Gasteiger partial charge in [0, 0.05) is 24.5 Å². The Morgan fingerprint density at radius 3 is 2.23 bits per heavy atom. The van der Waals surface area contributed by atoms with Crippen molar-refractivity contribution in [3.63, 3.8) is 0 Å². The Bertz CT molecular complexity index is 1340. The van der Waals surface area contributed by atoms with Gasteiger partial charge in [0.2, 0.25) is 11.8 Å². The maximum Gasteiger partial charge on any atom is 0.416 e. The van der Waals surface area contributed by atoms with Gasteiger partial charge in [0.1, 0.15) is 18.8 Å². The molecule has 0 spiro atoms. The van der Waals surface area contributed by atoms with E-state index in [4.69, 9.17) is 16.3 Å². The zero-order valence-corrected chi connectivity index (χ0v) is 24.0. The van der Waals surface area contributed by atoms with E-state index in [0.717, 1.165) is 0 Å². The number of benzene rings is 2. The number of rotatable bonds is 7. The average molecular weight is 635 g/mol. The van der Waals surface area contributed by atoms with E-state index < -0.39 is 54.0 Å². The van der Waals surface area contributed by atoms with E-state index >= 15 is 0 Å². The molecule has 0 N–H and O–H groups in total. The molecule has 0 saturated carbocycles. The molecule has 2 heterocycles. The number of halogens is 7. The molecular formula is C28H29ClF6N4O4. The highest BCUT2D eigenvalue weighted by Crippen LogP contribution is 2.37. The fourth-order valence-electron chi connectivity index (χ4n) is 5.18. The van der Waals surface area contributed by atoms with Gasteiger partial charge in [-0.25, -0.2) is 4.79 Å². The first-order chi connectivity index (χ1) is 20.0. The average Bonchev–Trinajstić information content (AvgIpc) is 2.91. The molecule has 43 heavy (non-hydrogen) atoms. The maximum absolute atomic E-state index is 13.6. The third-order valence-electron chi connectivity index (χ3n) is 7.21. The van der Waals surface area contributed by atoms with Gasteiger partial charge in [-0.15, -0.1) is 0 Å².